The summed E-state index contributed by atoms with van der Waals surface area (Å²) in [5.74, 6) is -1.01. The first-order valence-corrected chi connectivity index (χ1v) is 7.19. The lowest BCUT2D eigenvalue weighted by Gasteiger charge is -2.34. The highest BCUT2D eigenvalue weighted by Crippen LogP contribution is 2.26. The van der Waals surface area contributed by atoms with Gasteiger partial charge in [0.25, 0.3) is 0 Å². The molecule has 1 N–H and O–H groups in total. The van der Waals surface area contributed by atoms with Crippen molar-refractivity contribution in [1.29, 1.82) is 0 Å². The number of carbonyl (C=O) groups is 2. The highest BCUT2D eigenvalue weighted by molar-refractivity contribution is 5.89. The Morgan fingerprint density at radius 1 is 1.32 bits per heavy atom. The van der Waals surface area contributed by atoms with E-state index in [2.05, 4.69) is 0 Å². The molecule has 0 radical (unpaired) electrons. The molecule has 1 amide bonds. The van der Waals surface area contributed by atoms with E-state index >= 15 is 0 Å². The Labute approximate surface area is 129 Å². The van der Waals surface area contributed by atoms with Crippen molar-refractivity contribution < 1.29 is 24.2 Å². The third-order valence-electron chi connectivity index (χ3n) is 3.26. The van der Waals surface area contributed by atoms with Crippen LogP contribution in [-0.2, 0) is 9.47 Å². The first kappa shape index (κ1) is 16.3. The molecule has 120 valence electrons. The number of hydrogen-bond donors (Lipinski definition) is 1. The van der Waals surface area contributed by atoms with Gasteiger partial charge in [0.2, 0.25) is 0 Å². The van der Waals surface area contributed by atoms with Crippen LogP contribution in [0.4, 0.5) is 4.79 Å². The summed E-state index contributed by atoms with van der Waals surface area (Å²) in [5, 5.41) is 9.26. The molecule has 0 bridgehead atoms. The van der Waals surface area contributed by atoms with Gasteiger partial charge in [-0.05, 0) is 32.4 Å². The molecule has 1 saturated heterocycles. The standard InChI is InChI=1S/C16H21NO5/c1-16(2,3)22-15(20)17-8-9-21-13(10-17)11-6-4-5-7-12(11)14(18)19/h4-7,13H,8-10H2,1-3H3,(H,18,19). The highest BCUT2D eigenvalue weighted by Gasteiger charge is 2.30. The van der Waals surface area contributed by atoms with Crippen LogP contribution in [0.2, 0.25) is 0 Å². The highest BCUT2D eigenvalue weighted by atomic mass is 16.6. The summed E-state index contributed by atoms with van der Waals surface area (Å²) in [5.41, 5.74) is 0.200. The molecule has 0 aliphatic carbocycles. The Morgan fingerprint density at radius 3 is 2.64 bits per heavy atom. The predicted molar refractivity (Wildman–Crippen MR) is 79.9 cm³/mol. The summed E-state index contributed by atoms with van der Waals surface area (Å²) in [6.07, 6.45) is -0.873. The van der Waals surface area contributed by atoms with E-state index in [-0.39, 0.29) is 12.1 Å². The van der Waals surface area contributed by atoms with E-state index < -0.39 is 23.8 Å². The third-order valence-corrected chi connectivity index (χ3v) is 3.26. The molecule has 0 aromatic heterocycles. The van der Waals surface area contributed by atoms with Crippen LogP contribution >= 0.6 is 0 Å². The minimum Gasteiger partial charge on any atom is -0.478 e. The van der Waals surface area contributed by atoms with E-state index in [0.717, 1.165) is 0 Å². The molecule has 1 unspecified atom stereocenters. The number of aromatic carboxylic acids is 1. The van der Waals surface area contributed by atoms with Gasteiger partial charge in [-0.2, -0.15) is 0 Å². The fraction of sp³-hybridized carbons (Fsp3) is 0.500. The van der Waals surface area contributed by atoms with Crippen molar-refractivity contribution in [2.75, 3.05) is 19.7 Å². The number of ether oxygens (including phenoxy) is 2. The van der Waals surface area contributed by atoms with Crippen LogP contribution in [-0.4, -0.2) is 47.4 Å². The van der Waals surface area contributed by atoms with Crippen molar-refractivity contribution in [2.24, 2.45) is 0 Å². The zero-order valence-corrected chi connectivity index (χ0v) is 13.0. The lowest BCUT2D eigenvalue weighted by atomic mass is 10.0. The summed E-state index contributed by atoms with van der Waals surface area (Å²) in [4.78, 5) is 25.0. The van der Waals surface area contributed by atoms with Gasteiger partial charge < -0.3 is 19.5 Å². The van der Waals surface area contributed by atoms with E-state index in [4.69, 9.17) is 9.47 Å². The molecule has 0 saturated carbocycles. The predicted octanol–water partition coefficient (Wildman–Crippen LogP) is 2.69. The normalized spacial score (nSPS) is 18.9. The number of carbonyl (C=O) groups excluding carboxylic acids is 1. The van der Waals surface area contributed by atoms with Crippen LogP contribution in [0.25, 0.3) is 0 Å². The molecule has 6 nitrogen and oxygen atoms in total. The average molecular weight is 307 g/mol. The summed E-state index contributed by atoms with van der Waals surface area (Å²) in [7, 11) is 0. The number of nitrogens with zero attached hydrogens (tertiary/aromatic N) is 1. The molecule has 6 heteroatoms. The number of carboxylic acids is 1. The first-order chi connectivity index (χ1) is 10.3. The minimum absolute atomic E-state index is 0.193. The molecule has 1 aromatic carbocycles. The molecule has 0 spiro atoms. The van der Waals surface area contributed by atoms with Gasteiger partial charge in [0.15, 0.2) is 0 Å². The van der Waals surface area contributed by atoms with Crippen molar-refractivity contribution in [1.82, 2.24) is 4.90 Å². The van der Waals surface area contributed by atoms with E-state index in [1.165, 1.54) is 6.07 Å². The van der Waals surface area contributed by atoms with Crippen molar-refractivity contribution in [3.05, 3.63) is 35.4 Å². The van der Waals surface area contributed by atoms with E-state index in [0.29, 0.717) is 18.7 Å². The fourth-order valence-corrected chi connectivity index (χ4v) is 2.30. The van der Waals surface area contributed by atoms with Gasteiger partial charge in [-0.1, -0.05) is 18.2 Å². The maximum atomic E-state index is 12.1. The Bertz CT molecular complexity index is 564. The second kappa shape index (κ2) is 6.36. The molecule has 22 heavy (non-hydrogen) atoms. The second-order valence-corrected chi connectivity index (χ2v) is 6.18. The van der Waals surface area contributed by atoms with Crippen molar-refractivity contribution in [2.45, 2.75) is 32.5 Å². The summed E-state index contributed by atoms with van der Waals surface area (Å²) >= 11 is 0. The van der Waals surface area contributed by atoms with Gasteiger partial charge in [-0.3, -0.25) is 0 Å². The zero-order valence-electron chi connectivity index (χ0n) is 13.0. The number of morpholine rings is 1. The van der Waals surface area contributed by atoms with Gasteiger partial charge in [-0.15, -0.1) is 0 Å². The Hall–Kier alpha value is -2.08. The lowest BCUT2D eigenvalue weighted by molar-refractivity contribution is -0.0435. The van der Waals surface area contributed by atoms with Gasteiger partial charge in [0.05, 0.1) is 18.7 Å². The van der Waals surface area contributed by atoms with Crippen molar-refractivity contribution in [3.8, 4) is 0 Å². The average Bonchev–Trinajstić information content (AvgIpc) is 2.45. The van der Waals surface area contributed by atoms with Crippen LogP contribution in [0.15, 0.2) is 24.3 Å². The molecular formula is C16H21NO5. The number of hydrogen-bond acceptors (Lipinski definition) is 4. The molecule has 1 aliphatic rings. The largest absolute Gasteiger partial charge is 0.478 e. The Kier molecular flexibility index (Phi) is 4.71. The topological polar surface area (TPSA) is 76.1 Å². The van der Waals surface area contributed by atoms with Gasteiger partial charge >= 0.3 is 12.1 Å². The van der Waals surface area contributed by atoms with E-state index in [1.807, 2.05) is 20.8 Å². The summed E-state index contributed by atoms with van der Waals surface area (Å²) < 4.78 is 11.0. The molecule has 1 atom stereocenters. The molecule has 1 aromatic rings. The quantitative estimate of drug-likeness (QED) is 0.909. The number of rotatable bonds is 2. The molecule has 2 rings (SSSR count). The number of amides is 1. The van der Waals surface area contributed by atoms with Crippen molar-refractivity contribution >= 4 is 12.1 Å². The van der Waals surface area contributed by atoms with E-state index in [1.54, 1.807) is 23.1 Å². The van der Waals surface area contributed by atoms with Crippen LogP contribution in [0.3, 0.4) is 0 Å². The van der Waals surface area contributed by atoms with Crippen LogP contribution in [0, 0.1) is 0 Å². The third kappa shape index (κ3) is 3.98. The first-order valence-electron chi connectivity index (χ1n) is 7.19. The maximum Gasteiger partial charge on any atom is 0.410 e. The Morgan fingerprint density at radius 2 is 2.00 bits per heavy atom. The van der Waals surface area contributed by atoms with Crippen LogP contribution in [0.5, 0.6) is 0 Å². The minimum atomic E-state index is -1.01. The van der Waals surface area contributed by atoms with Crippen molar-refractivity contribution in [3.63, 3.8) is 0 Å². The molecule has 1 fully saturated rings. The fourth-order valence-electron chi connectivity index (χ4n) is 2.30. The lowest BCUT2D eigenvalue weighted by Crippen LogP contribution is -2.44. The van der Waals surface area contributed by atoms with E-state index in [9.17, 15) is 14.7 Å². The SMILES string of the molecule is CC(C)(C)OC(=O)N1CCOC(c2ccccc2C(=O)O)C1. The summed E-state index contributed by atoms with van der Waals surface area (Å²) in [6.45, 7) is 6.48. The molecular weight excluding hydrogens is 286 g/mol. The monoisotopic (exact) mass is 307 g/mol. The zero-order chi connectivity index (χ0) is 16.3. The molecule has 1 heterocycles. The number of carboxylic acid groups (broad SMARTS) is 1. The van der Waals surface area contributed by atoms with Gasteiger partial charge in [-0.25, -0.2) is 9.59 Å². The van der Waals surface area contributed by atoms with Crippen LogP contribution in [0.1, 0.15) is 42.8 Å². The van der Waals surface area contributed by atoms with Gasteiger partial charge in [0, 0.05) is 6.54 Å². The second-order valence-electron chi connectivity index (χ2n) is 6.18. The van der Waals surface area contributed by atoms with Crippen LogP contribution < -0.4 is 0 Å². The summed E-state index contributed by atoms with van der Waals surface area (Å²) in [6, 6.07) is 6.68. The Balaban J connectivity index is 2.14. The maximum absolute atomic E-state index is 12.1. The molecule has 1 aliphatic heterocycles. The van der Waals surface area contributed by atoms with Gasteiger partial charge in [0.1, 0.15) is 11.7 Å². The smallest absolute Gasteiger partial charge is 0.410 e. The number of benzene rings is 1.